The number of benzene rings is 1. The number of pyridine rings is 1. The van der Waals surface area contributed by atoms with Crippen molar-refractivity contribution >= 4 is 17.0 Å². The third-order valence-electron chi connectivity index (χ3n) is 6.14. The smallest absolute Gasteiger partial charge is 0.225 e. The highest BCUT2D eigenvalue weighted by atomic mass is 19.1. The van der Waals surface area contributed by atoms with Gasteiger partial charge in [-0.1, -0.05) is 6.07 Å². The van der Waals surface area contributed by atoms with E-state index in [2.05, 4.69) is 26.0 Å². The summed E-state index contributed by atoms with van der Waals surface area (Å²) in [6.07, 6.45) is 2.51. The molecule has 166 valence electrons. The quantitative estimate of drug-likeness (QED) is 0.443. The number of aromatic amines is 1. The Hall–Kier alpha value is -4.03. The van der Waals surface area contributed by atoms with Gasteiger partial charge in [-0.2, -0.15) is 5.26 Å². The number of aromatic nitrogens is 4. The van der Waals surface area contributed by atoms with Crippen molar-refractivity contribution in [2.24, 2.45) is 0 Å². The number of alkyl halides is 1. The molecule has 0 bridgehead atoms. The van der Waals surface area contributed by atoms with Crippen LogP contribution < -0.4 is 4.90 Å². The molecule has 2 unspecified atom stereocenters. The second-order valence-electron chi connectivity index (χ2n) is 8.27. The topological polar surface area (TPSA) is 122 Å². The summed E-state index contributed by atoms with van der Waals surface area (Å²) in [7, 11) is 0. The number of hydrogen-bond donors (Lipinski definition) is 3. The average molecular weight is 444 g/mol. The first-order valence-corrected chi connectivity index (χ1v) is 10.5. The Kier molecular flexibility index (Phi) is 4.95. The Morgan fingerprint density at radius 1 is 1.15 bits per heavy atom. The molecule has 2 atom stereocenters. The van der Waals surface area contributed by atoms with E-state index in [1.165, 1.54) is 0 Å². The van der Waals surface area contributed by atoms with Crippen LogP contribution in [-0.4, -0.2) is 55.5 Å². The summed E-state index contributed by atoms with van der Waals surface area (Å²) >= 11 is 0. The number of aromatic hydroxyl groups is 1. The number of aryl methyl sites for hydroxylation is 1. The van der Waals surface area contributed by atoms with Gasteiger partial charge in [-0.25, -0.2) is 19.3 Å². The number of phenolic OH excluding ortho intramolecular Hbond substituents is 1. The maximum atomic E-state index is 13.6. The molecule has 0 amide bonds. The van der Waals surface area contributed by atoms with Crippen molar-refractivity contribution in [1.82, 2.24) is 19.9 Å². The number of nitrogens with zero attached hydrogens (tertiary/aromatic N) is 5. The van der Waals surface area contributed by atoms with Gasteiger partial charge in [0.15, 0.2) is 0 Å². The van der Waals surface area contributed by atoms with Crippen LogP contribution in [0.5, 0.6) is 5.75 Å². The van der Waals surface area contributed by atoms with Gasteiger partial charge in [-0.3, -0.25) is 0 Å². The van der Waals surface area contributed by atoms with E-state index in [9.17, 15) is 19.9 Å². The number of phenols is 1. The van der Waals surface area contributed by atoms with E-state index >= 15 is 0 Å². The van der Waals surface area contributed by atoms with Crippen molar-refractivity contribution in [2.45, 2.75) is 26.1 Å². The molecule has 1 aliphatic heterocycles. The largest absolute Gasteiger partial charge is 0.508 e. The van der Waals surface area contributed by atoms with Gasteiger partial charge in [0.2, 0.25) is 5.95 Å². The third-order valence-corrected chi connectivity index (χ3v) is 6.14. The average Bonchev–Trinajstić information content (AvgIpc) is 3.39. The summed E-state index contributed by atoms with van der Waals surface area (Å²) in [5.41, 5.74) is 5.44. The number of rotatable bonds is 3. The Morgan fingerprint density at radius 2 is 1.91 bits per heavy atom. The molecular weight excluding hydrogens is 423 g/mol. The van der Waals surface area contributed by atoms with Crippen LogP contribution in [0.15, 0.2) is 36.8 Å². The first-order chi connectivity index (χ1) is 15.9. The molecule has 8 nitrogen and oxygen atoms in total. The van der Waals surface area contributed by atoms with Crippen LogP contribution >= 0.6 is 0 Å². The van der Waals surface area contributed by atoms with Crippen molar-refractivity contribution in [3.8, 4) is 34.2 Å². The number of fused-ring (bicyclic) bond motifs is 1. The fourth-order valence-electron chi connectivity index (χ4n) is 4.32. The molecule has 0 spiro atoms. The number of nitrogens with one attached hydrogen (secondary N) is 1. The maximum Gasteiger partial charge on any atom is 0.225 e. The van der Waals surface area contributed by atoms with Gasteiger partial charge in [0.05, 0.1) is 17.8 Å². The zero-order chi connectivity index (χ0) is 23.3. The summed E-state index contributed by atoms with van der Waals surface area (Å²) in [5.74, 6) is 0.512. The molecule has 33 heavy (non-hydrogen) atoms. The Labute approximate surface area is 189 Å². The third kappa shape index (κ3) is 3.45. The molecule has 4 heterocycles. The Morgan fingerprint density at radius 3 is 2.58 bits per heavy atom. The normalized spacial score (nSPS) is 18.1. The molecule has 1 fully saturated rings. The zero-order valence-corrected chi connectivity index (χ0v) is 18.0. The van der Waals surface area contributed by atoms with Gasteiger partial charge in [0.1, 0.15) is 29.7 Å². The van der Waals surface area contributed by atoms with Gasteiger partial charge < -0.3 is 20.1 Å². The molecule has 0 aliphatic carbocycles. The zero-order valence-electron chi connectivity index (χ0n) is 18.0. The molecule has 0 radical (unpaired) electrons. The molecule has 9 heteroatoms. The highest BCUT2D eigenvalue weighted by molar-refractivity contribution is 5.94. The fourth-order valence-corrected chi connectivity index (χ4v) is 4.32. The summed E-state index contributed by atoms with van der Waals surface area (Å²) in [6.45, 7) is 3.95. The minimum absolute atomic E-state index is 0.0546. The maximum absolute atomic E-state index is 13.6. The number of hydrogen-bond acceptors (Lipinski definition) is 7. The van der Waals surface area contributed by atoms with Crippen LogP contribution in [0.3, 0.4) is 0 Å². The van der Waals surface area contributed by atoms with E-state index in [1.54, 1.807) is 29.6 Å². The predicted octanol–water partition coefficient (Wildman–Crippen LogP) is 3.40. The van der Waals surface area contributed by atoms with Gasteiger partial charge in [-0.15, -0.1) is 0 Å². The van der Waals surface area contributed by atoms with Gasteiger partial charge in [-0.05, 0) is 42.7 Å². The summed E-state index contributed by atoms with van der Waals surface area (Å²) in [4.78, 5) is 18.0. The van der Waals surface area contributed by atoms with Crippen LogP contribution in [0, 0.1) is 25.2 Å². The van der Waals surface area contributed by atoms with Crippen LogP contribution in [0.2, 0.25) is 0 Å². The van der Waals surface area contributed by atoms with Gasteiger partial charge in [0.25, 0.3) is 0 Å². The summed E-state index contributed by atoms with van der Waals surface area (Å²) < 4.78 is 13.6. The van der Waals surface area contributed by atoms with Crippen LogP contribution in [0.1, 0.15) is 16.7 Å². The van der Waals surface area contributed by atoms with E-state index in [1.807, 2.05) is 26.0 Å². The lowest BCUT2D eigenvalue weighted by Crippen LogP contribution is -2.23. The number of aliphatic hydroxyl groups is 1. The lowest BCUT2D eigenvalue weighted by molar-refractivity contribution is 0.118. The fraction of sp³-hybridized carbons (Fsp3) is 0.250. The van der Waals surface area contributed by atoms with Crippen molar-refractivity contribution in [3.05, 3.63) is 53.5 Å². The van der Waals surface area contributed by atoms with E-state index in [0.717, 1.165) is 11.1 Å². The molecule has 3 N–H and O–H groups in total. The van der Waals surface area contributed by atoms with Crippen molar-refractivity contribution in [1.29, 1.82) is 5.26 Å². The summed E-state index contributed by atoms with van der Waals surface area (Å²) in [6, 6.07) is 7.57. The summed E-state index contributed by atoms with van der Waals surface area (Å²) in [5, 5.41) is 30.4. The Bertz CT molecular complexity index is 1400. The van der Waals surface area contributed by atoms with E-state index in [-0.39, 0.29) is 18.8 Å². The predicted molar refractivity (Wildman–Crippen MR) is 122 cm³/mol. The van der Waals surface area contributed by atoms with Crippen molar-refractivity contribution < 1.29 is 14.6 Å². The number of H-pyrrole nitrogens is 1. The van der Waals surface area contributed by atoms with Crippen molar-refractivity contribution in [2.75, 3.05) is 18.0 Å². The molecule has 4 aromatic rings. The molecular formula is C24H21FN6O2. The lowest BCUT2D eigenvalue weighted by Gasteiger charge is -2.14. The number of aliphatic hydroxyl groups excluding tert-OH is 1. The first kappa shape index (κ1) is 20.8. The minimum atomic E-state index is -1.31. The molecule has 0 saturated carbocycles. The molecule has 1 aromatic carbocycles. The Balaban J connectivity index is 1.55. The molecule has 5 rings (SSSR count). The first-order valence-electron chi connectivity index (χ1n) is 10.5. The molecule has 3 aromatic heterocycles. The molecule has 1 saturated heterocycles. The van der Waals surface area contributed by atoms with Crippen LogP contribution in [0.25, 0.3) is 33.4 Å². The SMILES string of the molecule is Cc1ccc(O)c(C)c1-c1cnc2[nH]c(-c3cnc(N4CC(O)C(F)C4)nc3)cc2c1C#N. The highest BCUT2D eigenvalue weighted by Crippen LogP contribution is 2.37. The van der Waals surface area contributed by atoms with Gasteiger partial charge >= 0.3 is 0 Å². The monoisotopic (exact) mass is 444 g/mol. The lowest BCUT2D eigenvalue weighted by atomic mass is 9.92. The van der Waals surface area contributed by atoms with E-state index in [0.29, 0.717) is 44.9 Å². The number of halogens is 1. The number of β-amino-alcohol motifs (C(OH)–C–C–N with tert-alkyl or cyclic N) is 1. The van der Waals surface area contributed by atoms with Crippen molar-refractivity contribution in [3.63, 3.8) is 0 Å². The molecule has 1 aliphatic rings. The second kappa shape index (κ2) is 7.83. The van der Waals surface area contributed by atoms with E-state index < -0.39 is 12.3 Å². The number of anilines is 1. The minimum Gasteiger partial charge on any atom is -0.508 e. The van der Waals surface area contributed by atoms with Crippen LogP contribution in [0.4, 0.5) is 10.3 Å². The highest BCUT2D eigenvalue weighted by Gasteiger charge is 2.32. The van der Waals surface area contributed by atoms with Gasteiger partial charge in [0, 0.05) is 41.6 Å². The standard InChI is InChI=1S/C24H21FN6O2/c1-12-3-4-20(32)13(2)22(12)17-9-27-23-15(16(17)6-26)5-19(30-23)14-7-28-24(29-8-14)31-10-18(25)21(33)11-31/h3-5,7-9,18,21,32-33H,10-11H2,1-2H3,(H,27,30). The number of nitriles is 1. The second-order valence-corrected chi connectivity index (χ2v) is 8.27. The van der Waals surface area contributed by atoms with E-state index in [4.69, 9.17) is 0 Å². The van der Waals surface area contributed by atoms with Crippen LogP contribution in [-0.2, 0) is 0 Å².